The maximum atomic E-state index is 11.0. The van der Waals surface area contributed by atoms with Gasteiger partial charge in [-0.3, -0.25) is 0 Å². The molecule has 0 amide bonds. The van der Waals surface area contributed by atoms with Crippen LogP contribution < -0.4 is 4.89 Å². The van der Waals surface area contributed by atoms with Crippen molar-refractivity contribution in [3.05, 3.63) is 0 Å². The van der Waals surface area contributed by atoms with E-state index in [0.29, 0.717) is 0 Å². The summed E-state index contributed by atoms with van der Waals surface area (Å²) in [4.78, 5) is 8.28. The van der Waals surface area contributed by atoms with Crippen molar-refractivity contribution in [2.75, 3.05) is 11.5 Å². The summed E-state index contributed by atoms with van der Waals surface area (Å²) in [5, 5.41) is 0. The highest BCUT2D eigenvalue weighted by atomic mass is 35.7. The van der Waals surface area contributed by atoms with Crippen LogP contribution in [-0.4, -0.2) is 11.5 Å². The summed E-state index contributed by atoms with van der Waals surface area (Å²) in [7, 11) is -0.220. The van der Waals surface area contributed by atoms with E-state index in [9.17, 15) is 4.89 Å². The van der Waals surface area contributed by atoms with E-state index in [1.54, 1.807) is 0 Å². The van der Waals surface area contributed by atoms with E-state index in [4.69, 9.17) is 11.2 Å². The molecule has 0 bridgehead atoms. The van der Waals surface area contributed by atoms with E-state index in [2.05, 4.69) is 11.8 Å². The van der Waals surface area contributed by atoms with Crippen LogP contribution in [0.5, 0.6) is 0 Å². The van der Waals surface area contributed by atoms with Crippen LogP contribution in [0.15, 0.2) is 0 Å². The van der Waals surface area contributed by atoms with E-state index in [-0.39, 0.29) is 10.5 Å². The molecule has 0 aromatic rings. The molecule has 0 radical (unpaired) electrons. The first-order chi connectivity index (χ1) is 4.02. The van der Waals surface area contributed by atoms with Gasteiger partial charge in [0.25, 0.3) is 0 Å². The van der Waals surface area contributed by atoms with E-state index in [1.165, 1.54) is 0 Å². The molecule has 0 aromatic carbocycles. The lowest BCUT2D eigenvalue weighted by Gasteiger charge is -2.17. The average molecular weight is 205 g/mol. The van der Waals surface area contributed by atoms with Gasteiger partial charge in [0.1, 0.15) is 11.5 Å². The smallest absolute Gasteiger partial charge is 0.160 e. The maximum absolute atomic E-state index is 11.0. The number of hydrogen-bond donors (Lipinski definition) is 0. The molecule has 1 atom stereocenters. The van der Waals surface area contributed by atoms with Crippen LogP contribution in [-0.2, 0) is 22.3 Å². The molecule has 0 heterocycles. The van der Waals surface area contributed by atoms with Crippen LogP contribution >= 0.6 is 16.1 Å². The first-order valence-electron chi connectivity index (χ1n) is 2.71. The highest BCUT2D eigenvalue weighted by molar-refractivity contribution is 8.73. The first-order valence-corrected chi connectivity index (χ1v) is 8.50. The van der Waals surface area contributed by atoms with Crippen LogP contribution in [0.1, 0.15) is 13.8 Å². The Balaban J connectivity index is 3.96. The van der Waals surface area contributed by atoms with Gasteiger partial charge in [-0.1, -0.05) is 0 Å². The highest BCUT2D eigenvalue weighted by Crippen LogP contribution is 2.50. The topological polar surface area (TPSA) is 23.1 Å². The van der Waals surface area contributed by atoms with Gasteiger partial charge >= 0.3 is 0 Å². The maximum Gasteiger partial charge on any atom is 0.160 e. The van der Waals surface area contributed by atoms with Gasteiger partial charge in [0.2, 0.25) is 0 Å². The van der Waals surface area contributed by atoms with Crippen LogP contribution in [0.2, 0.25) is 0 Å². The molecule has 0 aromatic heterocycles. The summed E-state index contributed by atoms with van der Waals surface area (Å²) in [6, 6.07) is 0. The van der Waals surface area contributed by atoms with Gasteiger partial charge in [0, 0.05) is 10.5 Å². The van der Waals surface area contributed by atoms with E-state index in [0.717, 1.165) is 11.5 Å². The molecule has 0 spiro atoms. The molecule has 0 aliphatic heterocycles. The molecule has 0 N–H and O–H groups in total. The van der Waals surface area contributed by atoms with Crippen LogP contribution in [0, 0.1) is 0 Å². The molecule has 0 saturated heterocycles. The van der Waals surface area contributed by atoms with E-state index >= 15 is 0 Å². The zero-order chi connectivity index (χ0) is 7.49. The van der Waals surface area contributed by atoms with Crippen molar-refractivity contribution >= 4 is 38.4 Å². The number of halogens is 1. The van der Waals surface area contributed by atoms with Crippen LogP contribution in [0.25, 0.3) is 0 Å². The van der Waals surface area contributed by atoms with Gasteiger partial charge in [0.05, 0.1) is 0 Å². The Morgan fingerprint density at radius 2 is 1.89 bits per heavy atom. The SMILES string of the molecule is CC[S+](CC)P([O-])(=S)Cl. The Kier molecular flexibility index (Phi) is 4.78. The third-order valence-electron chi connectivity index (χ3n) is 0.975. The van der Waals surface area contributed by atoms with Gasteiger partial charge in [-0.25, -0.2) is 0 Å². The van der Waals surface area contributed by atoms with Crippen molar-refractivity contribution in [1.29, 1.82) is 0 Å². The summed E-state index contributed by atoms with van der Waals surface area (Å²) >= 11 is 10.1. The van der Waals surface area contributed by atoms with Crippen molar-refractivity contribution in [3.8, 4) is 0 Å². The highest BCUT2D eigenvalue weighted by Gasteiger charge is 2.20. The summed E-state index contributed by atoms with van der Waals surface area (Å²) in [5.41, 5.74) is 0. The Bertz CT molecular complexity index is 120. The summed E-state index contributed by atoms with van der Waals surface area (Å²) in [6.07, 6.45) is 0. The van der Waals surface area contributed by atoms with Crippen LogP contribution in [0.4, 0.5) is 0 Å². The molecule has 5 heteroatoms. The Labute approximate surface area is 68.8 Å². The predicted molar refractivity (Wildman–Crippen MR) is 48.6 cm³/mol. The van der Waals surface area contributed by atoms with Crippen LogP contribution in [0.3, 0.4) is 0 Å². The fourth-order valence-electron chi connectivity index (χ4n) is 0.513. The predicted octanol–water partition coefficient (Wildman–Crippen LogP) is 1.47. The van der Waals surface area contributed by atoms with Crippen molar-refractivity contribution in [1.82, 2.24) is 0 Å². The lowest BCUT2D eigenvalue weighted by atomic mass is 11.0. The van der Waals surface area contributed by atoms with E-state index in [1.807, 2.05) is 13.8 Å². The third kappa shape index (κ3) is 3.84. The second-order valence-corrected chi connectivity index (χ2v) is 12.4. The summed E-state index contributed by atoms with van der Waals surface area (Å²) < 4.78 is 0. The molecule has 0 aliphatic rings. The molecular formula is C4H10ClOPS2. The normalized spacial score (nSPS) is 17.9. The second-order valence-electron chi connectivity index (χ2n) is 1.47. The van der Waals surface area contributed by atoms with Gasteiger partial charge < -0.3 is 4.89 Å². The largest absolute Gasteiger partial charge is 0.770 e. The molecule has 56 valence electrons. The zero-order valence-corrected chi connectivity index (χ0v) is 8.75. The Hall–Kier alpha value is 1.25. The standard InChI is InChI=1S/C4H10ClOPS2/c1-3-9(4-2)7(5,6)8/h3-4H2,1-2H3. The van der Waals surface area contributed by atoms with Gasteiger partial charge in [-0.2, -0.15) is 0 Å². The number of rotatable bonds is 3. The molecule has 9 heavy (non-hydrogen) atoms. The van der Waals surface area contributed by atoms with Gasteiger partial charge in [-0.15, -0.1) is 0 Å². The quantitative estimate of drug-likeness (QED) is 0.513. The fourth-order valence-corrected chi connectivity index (χ4v) is 7.04. The summed E-state index contributed by atoms with van der Waals surface area (Å²) in [6.45, 7) is 3.93. The fraction of sp³-hybridized carbons (Fsp3) is 1.00. The lowest BCUT2D eigenvalue weighted by molar-refractivity contribution is -0.149. The summed E-state index contributed by atoms with van der Waals surface area (Å²) in [5.74, 6) is 1.70. The molecule has 1 unspecified atom stereocenters. The second kappa shape index (κ2) is 4.20. The minimum absolute atomic E-state index is 0.220. The van der Waals surface area contributed by atoms with E-state index < -0.39 is 4.82 Å². The number of hydrogen-bond acceptors (Lipinski definition) is 2. The average Bonchev–Trinajstić information content (AvgIpc) is 1.65. The van der Waals surface area contributed by atoms with Gasteiger partial charge in [0.15, 0.2) is 4.82 Å². The minimum Gasteiger partial charge on any atom is -0.770 e. The molecule has 0 rings (SSSR count). The third-order valence-corrected chi connectivity index (χ3v) is 9.98. The molecule has 0 saturated carbocycles. The molecule has 0 aliphatic carbocycles. The Morgan fingerprint density at radius 3 is 1.89 bits per heavy atom. The minimum atomic E-state index is -2.69. The van der Waals surface area contributed by atoms with Crippen molar-refractivity contribution in [2.24, 2.45) is 0 Å². The first kappa shape index (κ1) is 10.2. The monoisotopic (exact) mass is 204 g/mol. The molecular weight excluding hydrogens is 195 g/mol. The lowest BCUT2D eigenvalue weighted by Crippen LogP contribution is -2.12. The van der Waals surface area contributed by atoms with Crippen molar-refractivity contribution in [2.45, 2.75) is 13.8 Å². The zero-order valence-electron chi connectivity index (χ0n) is 5.46. The van der Waals surface area contributed by atoms with Gasteiger partial charge in [-0.05, 0) is 36.9 Å². The Morgan fingerprint density at radius 1 is 1.56 bits per heavy atom. The van der Waals surface area contributed by atoms with Crippen molar-refractivity contribution < 1.29 is 4.89 Å². The van der Waals surface area contributed by atoms with Crippen molar-refractivity contribution in [3.63, 3.8) is 0 Å². The molecule has 0 fully saturated rings. The molecule has 1 nitrogen and oxygen atoms in total.